The second kappa shape index (κ2) is 41.4. The van der Waals surface area contributed by atoms with Gasteiger partial charge in [0.15, 0.2) is 0 Å². The van der Waals surface area contributed by atoms with Gasteiger partial charge in [-0.25, -0.2) is 0 Å². The van der Waals surface area contributed by atoms with Gasteiger partial charge in [0.05, 0.1) is 0 Å². The van der Waals surface area contributed by atoms with E-state index in [9.17, 15) is 0 Å². The molecule has 0 rings (SSSR count). The van der Waals surface area contributed by atoms with Gasteiger partial charge in [-0.1, -0.05) is 0 Å². The minimum Gasteiger partial charge on any atom is 0 e. The fourth-order valence-corrected chi connectivity index (χ4v) is 0. The van der Waals surface area contributed by atoms with Crippen LogP contribution in [0.15, 0.2) is 0 Å². The fraction of sp³-hybridized carbons (Fsp3) is 1.00. The molecule has 0 aromatic rings. The van der Waals surface area contributed by atoms with E-state index in [1.807, 2.05) is 5.64 Å². The summed E-state index contributed by atoms with van der Waals surface area (Å²) in [6, 6.07) is 0. The SMILES string of the molecule is [CH3][V].[Cr].[Mo].[Ti].[W]. The smallest absolute Gasteiger partial charge is 0 e. The molecule has 0 heterocycles. The number of rotatable bonds is 0. The summed E-state index contributed by atoms with van der Waals surface area (Å²) in [6.45, 7) is 0. The molecule has 0 aliphatic rings. The molecule has 0 spiro atoms. The number of hydrogen-bond donors (Lipinski definition) is 0. The van der Waals surface area contributed by atoms with Crippen molar-refractivity contribution in [2.24, 2.45) is 0 Å². The first-order chi connectivity index (χ1) is 1.00. The molecular formula is CH3CrMoTiVW. The molecular weight excluding hydrogens is 443 g/mol. The van der Waals surface area contributed by atoms with Crippen molar-refractivity contribution in [3.63, 3.8) is 0 Å². The Balaban J connectivity index is -0.000000000833. The summed E-state index contributed by atoms with van der Waals surface area (Å²) in [7, 11) is 0. The fourth-order valence-electron chi connectivity index (χ4n) is 0. The van der Waals surface area contributed by atoms with Gasteiger partial charge in [-0.2, -0.15) is 0 Å². The van der Waals surface area contributed by atoms with Crippen LogP contribution in [0.1, 0.15) is 0 Å². The summed E-state index contributed by atoms with van der Waals surface area (Å²) in [5, 5.41) is 0. The molecule has 6 heavy (non-hydrogen) atoms. The van der Waals surface area contributed by atoms with Crippen LogP contribution in [0.25, 0.3) is 0 Å². The normalized spacial score (nSPS) is 0.833. The Hall–Kier alpha value is 3.21. The van der Waals surface area contributed by atoms with Crippen molar-refractivity contribution < 1.29 is 98.6 Å². The van der Waals surface area contributed by atoms with E-state index in [1.54, 1.807) is 0 Å². The molecule has 0 atom stereocenters. The van der Waals surface area contributed by atoms with Gasteiger partial charge in [0.2, 0.25) is 0 Å². The van der Waals surface area contributed by atoms with Gasteiger partial charge < -0.3 is 0 Å². The van der Waals surface area contributed by atoms with Gasteiger partial charge in [0, 0.05) is 81.2 Å². The summed E-state index contributed by atoms with van der Waals surface area (Å²) >= 11 is 2.31. The Morgan fingerprint density at radius 2 is 1.17 bits per heavy atom. The van der Waals surface area contributed by atoms with Crippen molar-refractivity contribution >= 4 is 0 Å². The molecule has 0 bridgehead atoms. The van der Waals surface area contributed by atoms with Gasteiger partial charge >= 0.3 is 23.1 Å². The second-order valence-electron chi connectivity index (χ2n) is 0. The maximum atomic E-state index is 2.31. The average molecular weight is 446 g/mol. The van der Waals surface area contributed by atoms with Crippen LogP contribution in [-0.4, -0.2) is 0 Å². The van der Waals surface area contributed by atoms with E-state index >= 15 is 0 Å². The van der Waals surface area contributed by atoms with Crippen LogP contribution in [0.2, 0.25) is 5.64 Å². The van der Waals surface area contributed by atoms with Crippen LogP contribution in [0.4, 0.5) is 0 Å². The van der Waals surface area contributed by atoms with Crippen molar-refractivity contribution in [1.82, 2.24) is 0 Å². The van der Waals surface area contributed by atoms with E-state index in [0.717, 1.165) is 0 Å². The Morgan fingerprint density at radius 3 is 1.17 bits per heavy atom. The van der Waals surface area contributed by atoms with E-state index in [-0.39, 0.29) is 81.2 Å². The molecule has 0 saturated carbocycles. The van der Waals surface area contributed by atoms with Crippen molar-refractivity contribution in [3.8, 4) is 0 Å². The van der Waals surface area contributed by atoms with Gasteiger partial charge in [-0.15, -0.1) is 0 Å². The zero-order chi connectivity index (χ0) is 2.00. The minimum atomic E-state index is 0. The van der Waals surface area contributed by atoms with Crippen LogP contribution in [0.5, 0.6) is 0 Å². The summed E-state index contributed by atoms with van der Waals surface area (Å²) in [6.07, 6.45) is 0. The Kier molecular flexibility index (Phi) is 242. The minimum absolute atomic E-state index is 0. The van der Waals surface area contributed by atoms with Crippen molar-refractivity contribution in [2.75, 3.05) is 0 Å². The first-order valence-electron chi connectivity index (χ1n) is 0.447. The third kappa shape index (κ3) is 27.0. The van der Waals surface area contributed by atoms with E-state index in [1.165, 1.54) is 0 Å². The largest absolute Gasteiger partial charge is 0 e. The maximum Gasteiger partial charge on any atom is 0 e. The average Bonchev–Trinajstić information content (AvgIpc) is 1.00. The first kappa shape index (κ1) is 35.0. The summed E-state index contributed by atoms with van der Waals surface area (Å²) < 4.78 is 0. The van der Waals surface area contributed by atoms with Gasteiger partial charge in [-0.3, -0.25) is 0 Å². The molecule has 0 unspecified atom stereocenters. The van der Waals surface area contributed by atoms with Gasteiger partial charge in [-0.05, 0) is 0 Å². The van der Waals surface area contributed by atoms with Crippen molar-refractivity contribution in [2.45, 2.75) is 5.64 Å². The molecule has 0 saturated heterocycles. The third-order valence-electron chi connectivity index (χ3n) is 0. The van der Waals surface area contributed by atoms with Crippen LogP contribution in [0.3, 0.4) is 0 Å². The summed E-state index contributed by atoms with van der Waals surface area (Å²) in [4.78, 5) is 0. The quantitative estimate of drug-likeness (QED) is 0.479. The molecule has 0 radical (unpaired) electrons. The molecule has 0 amide bonds. The molecule has 0 aromatic heterocycles. The van der Waals surface area contributed by atoms with Gasteiger partial charge in [0.1, 0.15) is 0 Å². The summed E-state index contributed by atoms with van der Waals surface area (Å²) in [5.74, 6) is 0. The van der Waals surface area contributed by atoms with E-state index in [2.05, 4.69) is 17.4 Å². The van der Waals surface area contributed by atoms with E-state index in [0.29, 0.717) is 0 Å². The Bertz CT molecular complexity index is 15.5. The Morgan fingerprint density at radius 1 is 1.17 bits per heavy atom. The zero-order valence-electron chi connectivity index (χ0n) is 3.17. The molecule has 34 valence electrons. The molecule has 0 N–H and O–H groups in total. The molecule has 0 aliphatic heterocycles. The van der Waals surface area contributed by atoms with Gasteiger partial charge in [0.25, 0.3) is 0 Å². The Labute approximate surface area is 102 Å². The van der Waals surface area contributed by atoms with Crippen LogP contribution in [-0.2, 0) is 98.6 Å². The molecule has 5 heteroatoms. The first-order valence-corrected chi connectivity index (χ1v) is 1.84. The standard InChI is InChI=1S/CH3.Cr.Mo.Ti.V.W/h1H3;;;;;. The molecule has 0 aliphatic carbocycles. The number of hydrogen-bond acceptors (Lipinski definition) is 0. The van der Waals surface area contributed by atoms with Crippen molar-refractivity contribution in [3.05, 3.63) is 0 Å². The van der Waals surface area contributed by atoms with Crippen LogP contribution in [0, 0.1) is 0 Å². The monoisotopic (exact) mass is 448 g/mol. The predicted octanol–water partition coefficient (Wildman–Crippen LogP) is 0.571. The summed E-state index contributed by atoms with van der Waals surface area (Å²) in [5.41, 5.74) is 1.94. The van der Waals surface area contributed by atoms with E-state index in [4.69, 9.17) is 0 Å². The predicted molar refractivity (Wildman–Crippen MR) is 5.86 cm³/mol. The second-order valence-corrected chi connectivity index (χ2v) is 0. The maximum absolute atomic E-state index is 2.31. The molecule has 0 fully saturated rings. The molecule has 0 nitrogen and oxygen atoms in total. The zero-order valence-corrected chi connectivity index (χ0v) is 12.3. The van der Waals surface area contributed by atoms with Crippen molar-refractivity contribution in [1.29, 1.82) is 0 Å². The van der Waals surface area contributed by atoms with Crippen LogP contribution >= 0.6 is 0 Å². The topological polar surface area (TPSA) is 0 Å². The van der Waals surface area contributed by atoms with E-state index < -0.39 is 0 Å². The third-order valence-corrected chi connectivity index (χ3v) is 0. The van der Waals surface area contributed by atoms with Crippen LogP contribution < -0.4 is 0 Å². The molecule has 0 aromatic carbocycles.